The van der Waals surface area contributed by atoms with Gasteiger partial charge in [-0.3, -0.25) is 5.10 Å². The fourth-order valence-electron chi connectivity index (χ4n) is 3.89. The molecule has 0 amide bonds. The number of benzene rings is 2. The largest absolute Gasteiger partial charge is 0.497 e. The van der Waals surface area contributed by atoms with Gasteiger partial charge in [-0.1, -0.05) is 12.1 Å². The average Bonchev–Trinajstić information content (AvgIpc) is 3.35. The van der Waals surface area contributed by atoms with Crippen LogP contribution >= 0.6 is 0 Å². The van der Waals surface area contributed by atoms with Gasteiger partial charge in [-0.2, -0.15) is 10.2 Å². The van der Waals surface area contributed by atoms with Crippen molar-refractivity contribution < 1.29 is 9.13 Å². The summed E-state index contributed by atoms with van der Waals surface area (Å²) in [5.74, 6) is 0.516. The van der Waals surface area contributed by atoms with Crippen LogP contribution in [-0.2, 0) is 13.0 Å². The number of ether oxygens (including phenoxy) is 1. The number of nitrogens with one attached hydrogen (secondary N) is 1. The normalized spacial score (nSPS) is 11.3. The molecule has 2 aromatic heterocycles. The van der Waals surface area contributed by atoms with Crippen molar-refractivity contribution >= 4 is 0 Å². The monoisotopic (exact) mass is 433 g/mol. The lowest BCUT2D eigenvalue weighted by molar-refractivity contribution is 0.331. The second kappa shape index (κ2) is 9.36. The van der Waals surface area contributed by atoms with Gasteiger partial charge in [0, 0.05) is 36.1 Å². The van der Waals surface area contributed by atoms with Crippen molar-refractivity contribution in [2.45, 2.75) is 26.8 Å². The summed E-state index contributed by atoms with van der Waals surface area (Å²) in [4.78, 5) is 2.25. The van der Waals surface area contributed by atoms with Gasteiger partial charge in [-0.25, -0.2) is 9.07 Å². The number of nitrogens with zero attached hydrogens (tertiary/aromatic N) is 4. The van der Waals surface area contributed by atoms with Gasteiger partial charge < -0.3 is 9.64 Å². The second-order valence-corrected chi connectivity index (χ2v) is 8.06. The third-order valence-electron chi connectivity index (χ3n) is 5.69. The molecule has 0 bridgehead atoms. The highest BCUT2D eigenvalue weighted by atomic mass is 19.1. The Bertz CT molecular complexity index is 1180. The number of aromatic nitrogens is 4. The first-order valence-corrected chi connectivity index (χ1v) is 10.6. The minimum Gasteiger partial charge on any atom is -0.497 e. The number of H-pyrrole nitrogens is 1. The van der Waals surface area contributed by atoms with Gasteiger partial charge in [0.2, 0.25) is 0 Å². The van der Waals surface area contributed by atoms with E-state index in [-0.39, 0.29) is 5.82 Å². The summed E-state index contributed by atoms with van der Waals surface area (Å²) in [6.45, 7) is 5.64. The van der Waals surface area contributed by atoms with Crippen LogP contribution in [0.4, 0.5) is 4.39 Å². The Morgan fingerprint density at radius 3 is 2.56 bits per heavy atom. The van der Waals surface area contributed by atoms with Crippen LogP contribution in [0.25, 0.3) is 16.9 Å². The Morgan fingerprint density at radius 1 is 1.12 bits per heavy atom. The molecule has 32 heavy (non-hydrogen) atoms. The van der Waals surface area contributed by atoms with Gasteiger partial charge in [-0.05, 0) is 69.3 Å². The molecule has 0 aliphatic carbocycles. The Labute approximate surface area is 187 Å². The third-order valence-corrected chi connectivity index (χ3v) is 5.69. The van der Waals surface area contributed by atoms with Crippen molar-refractivity contribution in [3.63, 3.8) is 0 Å². The number of halogens is 1. The van der Waals surface area contributed by atoms with Gasteiger partial charge in [0.25, 0.3) is 0 Å². The van der Waals surface area contributed by atoms with E-state index in [1.165, 1.54) is 17.7 Å². The average molecular weight is 434 g/mol. The van der Waals surface area contributed by atoms with Crippen LogP contribution < -0.4 is 4.74 Å². The van der Waals surface area contributed by atoms with Crippen LogP contribution in [0.1, 0.15) is 22.5 Å². The molecular formula is C25H28FN5O. The van der Waals surface area contributed by atoms with E-state index in [0.717, 1.165) is 52.6 Å². The molecule has 1 N–H and O–H groups in total. The standard InChI is InChI=1S/C25H28FN5O/c1-17-24(18(2)28-27-17)12-13-30(3)15-20-16-31(22-8-10-23(32-4)11-9-22)29-25(20)19-6-5-7-21(26)14-19/h5-11,14,16H,12-13,15H2,1-4H3,(H,27,28). The molecule has 7 heteroatoms. The van der Waals surface area contributed by atoms with Crippen LogP contribution in [0.15, 0.2) is 54.7 Å². The van der Waals surface area contributed by atoms with Crippen molar-refractivity contribution in [1.29, 1.82) is 0 Å². The van der Waals surface area contributed by atoms with E-state index >= 15 is 0 Å². The number of aryl methyl sites for hydroxylation is 2. The SMILES string of the molecule is COc1ccc(-n2cc(CN(C)CCc3c(C)n[nH]c3C)c(-c3cccc(F)c3)n2)cc1. The first kappa shape index (κ1) is 21.8. The second-order valence-electron chi connectivity index (χ2n) is 8.06. The van der Waals surface area contributed by atoms with Crippen LogP contribution in [0.3, 0.4) is 0 Å². The first-order chi connectivity index (χ1) is 15.4. The summed E-state index contributed by atoms with van der Waals surface area (Å²) >= 11 is 0. The number of methoxy groups -OCH3 is 1. The molecule has 0 aliphatic heterocycles. The summed E-state index contributed by atoms with van der Waals surface area (Å²) in [6.07, 6.45) is 2.93. The van der Waals surface area contributed by atoms with Gasteiger partial charge in [0.15, 0.2) is 0 Å². The molecule has 2 aromatic carbocycles. The van der Waals surface area contributed by atoms with Crippen molar-refractivity contribution in [3.05, 3.63) is 83.1 Å². The van der Waals surface area contributed by atoms with E-state index in [4.69, 9.17) is 9.84 Å². The lowest BCUT2D eigenvalue weighted by Gasteiger charge is -2.16. The van der Waals surface area contributed by atoms with E-state index in [1.807, 2.05) is 48.1 Å². The molecule has 0 saturated heterocycles. The predicted molar refractivity (Wildman–Crippen MR) is 124 cm³/mol. The minimum absolute atomic E-state index is 0.272. The number of aromatic amines is 1. The maximum absolute atomic E-state index is 13.9. The molecule has 4 rings (SSSR count). The molecule has 0 atom stereocenters. The van der Waals surface area contributed by atoms with Crippen LogP contribution in [-0.4, -0.2) is 45.6 Å². The lowest BCUT2D eigenvalue weighted by Crippen LogP contribution is -2.21. The summed E-state index contributed by atoms with van der Waals surface area (Å²) in [7, 11) is 3.73. The zero-order chi connectivity index (χ0) is 22.7. The van der Waals surface area contributed by atoms with E-state index in [9.17, 15) is 4.39 Å². The maximum atomic E-state index is 13.9. The van der Waals surface area contributed by atoms with Crippen molar-refractivity contribution in [3.8, 4) is 22.7 Å². The van der Waals surface area contributed by atoms with Crippen molar-refractivity contribution in [1.82, 2.24) is 24.9 Å². The summed E-state index contributed by atoms with van der Waals surface area (Å²) in [5, 5.41) is 12.1. The number of hydrogen-bond donors (Lipinski definition) is 1. The zero-order valence-corrected chi connectivity index (χ0v) is 18.9. The van der Waals surface area contributed by atoms with Crippen molar-refractivity contribution in [2.75, 3.05) is 20.7 Å². The summed E-state index contributed by atoms with van der Waals surface area (Å²) in [6, 6.07) is 14.3. The van der Waals surface area contributed by atoms with Crippen LogP contribution in [0.2, 0.25) is 0 Å². The number of likely N-dealkylation sites (N-methyl/N-ethyl adjacent to an activating group) is 1. The number of hydrogen-bond acceptors (Lipinski definition) is 4. The van der Waals surface area contributed by atoms with Gasteiger partial charge in [0.05, 0.1) is 24.2 Å². The quantitative estimate of drug-likeness (QED) is 0.438. The molecule has 0 spiro atoms. The fourth-order valence-corrected chi connectivity index (χ4v) is 3.89. The van der Waals surface area contributed by atoms with Gasteiger partial charge >= 0.3 is 0 Å². The maximum Gasteiger partial charge on any atom is 0.123 e. The van der Waals surface area contributed by atoms with Crippen LogP contribution in [0.5, 0.6) is 5.75 Å². The Kier molecular flexibility index (Phi) is 6.37. The molecule has 166 valence electrons. The van der Waals surface area contributed by atoms with Crippen molar-refractivity contribution in [2.24, 2.45) is 0 Å². The van der Waals surface area contributed by atoms with Gasteiger partial charge in [-0.15, -0.1) is 0 Å². The molecule has 2 heterocycles. The molecule has 4 aromatic rings. The molecule has 0 saturated carbocycles. The Morgan fingerprint density at radius 2 is 1.91 bits per heavy atom. The Balaban J connectivity index is 1.60. The van der Waals surface area contributed by atoms with E-state index in [1.54, 1.807) is 13.2 Å². The molecule has 0 radical (unpaired) electrons. The van der Waals surface area contributed by atoms with E-state index < -0.39 is 0 Å². The fraction of sp³-hybridized carbons (Fsp3) is 0.280. The highest BCUT2D eigenvalue weighted by Gasteiger charge is 2.16. The summed E-state index contributed by atoms with van der Waals surface area (Å²) < 4.78 is 21.0. The minimum atomic E-state index is -0.272. The van der Waals surface area contributed by atoms with E-state index in [0.29, 0.717) is 6.54 Å². The Hall–Kier alpha value is -3.45. The number of rotatable bonds is 8. The van der Waals surface area contributed by atoms with Gasteiger partial charge in [0.1, 0.15) is 11.6 Å². The predicted octanol–water partition coefficient (Wildman–Crippen LogP) is 4.70. The smallest absolute Gasteiger partial charge is 0.123 e. The lowest BCUT2D eigenvalue weighted by atomic mass is 10.1. The first-order valence-electron chi connectivity index (χ1n) is 10.6. The molecule has 6 nitrogen and oxygen atoms in total. The third kappa shape index (κ3) is 4.73. The topological polar surface area (TPSA) is 59.0 Å². The molecule has 0 fully saturated rings. The molecule has 0 unspecified atom stereocenters. The zero-order valence-electron chi connectivity index (χ0n) is 18.9. The van der Waals surface area contributed by atoms with Crippen LogP contribution in [0, 0.1) is 19.7 Å². The highest BCUT2D eigenvalue weighted by molar-refractivity contribution is 5.63. The molecular weight excluding hydrogens is 405 g/mol. The summed E-state index contributed by atoms with van der Waals surface area (Å²) in [5.41, 5.74) is 6.92. The van der Waals surface area contributed by atoms with E-state index in [2.05, 4.69) is 29.1 Å². The highest BCUT2D eigenvalue weighted by Crippen LogP contribution is 2.26. The molecule has 0 aliphatic rings.